The van der Waals surface area contributed by atoms with E-state index in [1.54, 1.807) is 24.3 Å². The largest absolute Gasteiger partial charge is 0.385 e. The third-order valence-electron chi connectivity index (χ3n) is 5.46. The molecule has 1 N–H and O–H groups in total. The number of aromatic nitrogens is 2. The van der Waals surface area contributed by atoms with Gasteiger partial charge >= 0.3 is 0 Å². The smallest absolute Gasteiger partial charge is 0.267 e. The highest BCUT2D eigenvalue weighted by atomic mass is 32.2. The molecular formula is C22H26N4O4S2. The number of fused-ring (bicyclic) bond motifs is 1. The fraction of sp³-hybridized carbons (Fsp3) is 0.455. The maximum atomic E-state index is 13.4. The minimum Gasteiger partial charge on any atom is -0.385 e. The number of rotatable bonds is 8. The molecule has 1 atom stereocenters. The Bertz CT molecular complexity index is 1120. The number of aryl methyl sites for hydroxylation is 1. The van der Waals surface area contributed by atoms with Crippen molar-refractivity contribution in [3.63, 3.8) is 0 Å². The molecule has 2 fully saturated rings. The summed E-state index contributed by atoms with van der Waals surface area (Å²) in [6, 6.07) is 3.72. The molecule has 0 aromatic carbocycles. The first-order chi connectivity index (χ1) is 15.5. The van der Waals surface area contributed by atoms with Crippen LogP contribution in [-0.2, 0) is 14.3 Å². The van der Waals surface area contributed by atoms with Gasteiger partial charge in [-0.05, 0) is 43.9 Å². The number of thioether (sulfide) groups is 1. The third kappa shape index (κ3) is 4.73. The predicted molar refractivity (Wildman–Crippen MR) is 130 cm³/mol. The average Bonchev–Trinajstić information content (AvgIpc) is 3.38. The minimum absolute atomic E-state index is 0.00537. The molecule has 8 nitrogen and oxygen atoms in total. The molecule has 10 heteroatoms. The van der Waals surface area contributed by atoms with Crippen molar-refractivity contribution in [1.29, 1.82) is 0 Å². The van der Waals surface area contributed by atoms with Crippen LogP contribution in [0.1, 0.15) is 30.4 Å². The number of thiocarbonyl (C=S) groups is 1. The highest BCUT2D eigenvalue weighted by Crippen LogP contribution is 2.34. The zero-order valence-corrected chi connectivity index (χ0v) is 19.8. The molecule has 0 saturated carbocycles. The van der Waals surface area contributed by atoms with Crippen molar-refractivity contribution in [2.45, 2.75) is 32.3 Å². The normalized spacial score (nSPS) is 20.1. The minimum atomic E-state index is -0.239. The van der Waals surface area contributed by atoms with Gasteiger partial charge in [-0.2, -0.15) is 0 Å². The van der Waals surface area contributed by atoms with Crippen LogP contribution in [0.15, 0.2) is 28.0 Å². The molecule has 2 saturated heterocycles. The van der Waals surface area contributed by atoms with Gasteiger partial charge in [0.05, 0.1) is 23.1 Å². The van der Waals surface area contributed by atoms with Gasteiger partial charge in [0, 0.05) is 33.1 Å². The summed E-state index contributed by atoms with van der Waals surface area (Å²) >= 11 is 6.66. The number of methoxy groups -OCH3 is 1. The number of pyridine rings is 1. The molecule has 170 valence electrons. The fourth-order valence-electron chi connectivity index (χ4n) is 3.78. The van der Waals surface area contributed by atoms with Crippen LogP contribution in [0.3, 0.4) is 0 Å². The van der Waals surface area contributed by atoms with E-state index in [-0.39, 0.29) is 17.6 Å². The van der Waals surface area contributed by atoms with Gasteiger partial charge < -0.3 is 14.8 Å². The Hall–Kier alpha value is -2.27. The number of carbonyl (C=O) groups excluding carboxylic acids is 1. The Kier molecular flexibility index (Phi) is 7.24. The van der Waals surface area contributed by atoms with E-state index in [4.69, 9.17) is 26.7 Å². The summed E-state index contributed by atoms with van der Waals surface area (Å²) in [4.78, 5) is 33.1. The van der Waals surface area contributed by atoms with Gasteiger partial charge in [0.1, 0.15) is 15.8 Å². The molecule has 0 radical (unpaired) electrons. The molecule has 32 heavy (non-hydrogen) atoms. The van der Waals surface area contributed by atoms with E-state index in [0.717, 1.165) is 24.8 Å². The van der Waals surface area contributed by atoms with E-state index in [9.17, 15) is 9.59 Å². The summed E-state index contributed by atoms with van der Waals surface area (Å²) in [5, 5.41) is 3.24. The van der Waals surface area contributed by atoms with E-state index in [1.165, 1.54) is 16.2 Å². The third-order valence-corrected chi connectivity index (χ3v) is 6.84. The van der Waals surface area contributed by atoms with Gasteiger partial charge in [0.25, 0.3) is 11.5 Å². The maximum absolute atomic E-state index is 13.4. The lowest BCUT2D eigenvalue weighted by Gasteiger charge is -2.18. The van der Waals surface area contributed by atoms with Gasteiger partial charge in [-0.1, -0.05) is 30.0 Å². The molecule has 2 aliphatic heterocycles. The lowest BCUT2D eigenvalue weighted by molar-refractivity contribution is -0.123. The first-order valence-corrected chi connectivity index (χ1v) is 11.8. The zero-order chi connectivity index (χ0) is 22.7. The second-order valence-electron chi connectivity index (χ2n) is 7.76. The maximum Gasteiger partial charge on any atom is 0.267 e. The summed E-state index contributed by atoms with van der Waals surface area (Å²) in [5.74, 6) is 0.249. The van der Waals surface area contributed by atoms with E-state index >= 15 is 0 Å². The van der Waals surface area contributed by atoms with Crippen molar-refractivity contribution in [2.24, 2.45) is 0 Å². The van der Waals surface area contributed by atoms with Crippen LogP contribution in [0.5, 0.6) is 0 Å². The SMILES string of the molecule is COCCCNc1nc2c(C)cccn2c(=O)c1C=C1SC(=S)N(CC2CCCO2)C1=O. The standard InChI is InChI=1S/C22H26N4O4S2/c1-14-6-3-9-25-19(14)24-18(23-8-5-10-29-2)16(20(25)27)12-17-21(28)26(22(31)32-17)13-15-7-4-11-30-15/h3,6,9,12,15,23H,4-5,7-8,10-11,13H2,1-2H3. The molecule has 0 bridgehead atoms. The van der Waals surface area contributed by atoms with E-state index in [2.05, 4.69) is 5.32 Å². The van der Waals surface area contributed by atoms with Gasteiger partial charge in [0.2, 0.25) is 0 Å². The Morgan fingerprint density at radius 3 is 3.03 bits per heavy atom. The molecule has 4 heterocycles. The van der Waals surface area contributed by atoms with Gasteiger partial charge in [-0.25, -0.2) is 4.98 Å². The zero-order valence-electron chi connectivity index (χ0n) is 18.1. The molecule has 0 aliphatic carbocycles. The van der Waals surface area contributed by atoms with Crippen LogP contribution in [0.4, 0.5) is 5.82 Å². The molecule has 2 aromatic rings. The van der Waals surface area contributed by atoms with Crippen molar-refractivity contribution in [3.05, 3.63) is 44.7 Å². The molecule has 4 rings (SSSR count). The highest BCUT2D eigenvalue weighted by Gasteiger charge is 2.35. The Balaban J connectivity index is 1.69. The lowest BCUT2D eigenvalue weighted by atomic mass is 10.2. The number of nitrogens with zero attached hydrogens (tertiary/aromatic N) is 3. The second-order valence-corrected chi connectivity index (χ2v) is 9.44. The predicted octanol–water partition coefficient (Wildman–Crippen LogP) is 2.83. The topological polar surface area (TPSA) is 85.2 Å². The Morgan fingerprint density at radius 2 is 2.28 bits per heavy atom. The molecule has 1 unspecified atom stereocenters. The van der Waals surface area contributed by atoms with Crippen LogP contribution >= 0.6 is 24.0 Å². The van der Waals surface area contributed by atoms with Crippen molar-refractivity contribution < 1.29 is 14.3 Å². The van der Waals surface area contributed by atoms with Gasteiger partial charge in [-0.3, -0.25) is 18.9 Å². The number of ether oxygens (including phenoxy) is 2. The number of anilines is 1. The lowest BCUT2D eigenvalue weighted by Crippen LogP contribution is -2.35. The average molecular weight is 475 g/mol. The van der Waals surface area contributed by atoms with Crippen LogP contribution in [0, 0.1) is 6.92 Å². The summed E-state index contributed by atoms with van der Waals surface area (Å²) in [6.45, 7) is 4.25. The molecule has 2 aliphatic rings. The Morgan fingerprint density at radius 1 is 1.44 bits per heavy atom. The van der Waals surface area contributed by atoms with E-state index in [1.807, 2.05) is 19.1 Å². The fourth-order valence-corrected chi connectivity index (χ4v) is 5.04. The number of carbonyl (C=O) groups is 1. The van der Waals surface area contributed by atoms with Crippen LogP contribution < -0.4 is 10.9 Å². The first kappa shape index (κ1) is 22.9. The van der Waals surface area contributed by atoms with Crippen LogP contribution in [0.2, 0.25) is 0 Å². The number of hydrogen-bond acceptors (Lipinski definition) is 8. The number of hydrogen-bond donors (Lipinski definition) is 1. The van der Waals surface area contributed by atoms with Crippen molar-refractivity contribution in [2.75, 3.05) is 38.7 Å². The molecule has 0 spiro atoms. The molecular weight excluding hydrogens is 448 g/mol. The summed E-state index contributed by atoms with van der Waals surface area (Å²) < 4.78 is 12.8. The summed E-state index contributed by atoms with van der Waals surface area (Å²) in [5.41, 5.74) is 1.56. The first-order valence-electron chi connectivity index (χ1n) is 10.6. The summed E-state index contributed by atoms with van der Waals surface area (Å²) in [7, 11) is 1.65. The monoisotopic (exact) mass is 474 g/mol. The second kappa shape index (κ2) is 10.1. The van der Waals surface area contributed by atoms with Crippen molar-refractivity contribution >= 4 is 51.7 Å². The van der Waals surface area contributed by atoms with Crippen LogP contribution in [0.25, 0.3) is 11.7 Å². The molecule has 2 aromatic heterocycles. The van der Waals surface area contributed by atoms with E-state index in [0.29, 0.717) is 52.6 Å². The number of amides is 1. The quantitative estimate of drug-likeness (QED) is 0.355. The van der Waals surface area contributed by atoms with Crippen LogP contribution in [-0.4, -0.2) is 64.0 Å². The Labute approximate surface area is 196 Å². The molecule has 1 amide bonds. The van der Waals surface area contributed by atoms with Crippen molar-refractivity contribution in [3.8, 4) is 0 Å². The van der Waals surface area contributed by atoms with Crippen molar-refractivity contribution in [1.82, 2.24) is 14.3 Å². The number of nitrogens with one attached hydrogen (secondary N) is 1. The summed E-state index contributed by atoms with van der Waals surface area (Å²) in [6.07, 6.45) is 5.97. The highest BCUT2D eigenvalue weighted by molar-refractivity contribution is 8.26. The van der Waals surface area contributed by atoms with Gasteiger partial charge in [-0.15, -0.1) is 0 Å². The van der Waals surface area contributed by atoms with E-state index < -0.39 is 0 Å². The van der Waals surface area contributed by atoms with Gasteiger partial charge in [0.15, 0.2) is 0 Å².